The van der Waals surface area contributed by atoms with Crippen molar-refractivity contribution in [1.29, 1.82) is 0 Å². The minimum Gasteiger partial charge on any atom is -0.398 e. The Kier molecular flexibility index (Phi) is 12.7. The second kappa shape index (κ2) is 17.6. The van der Waals surface area contributed by atoms with Crippen molar-refractivity contribution < 1.29 is 27.8 Å². The van der Waals surface area contributed by atoms with E-state index in [0.717, 1.165) is 44.0 Å². The van der Waals surface area contributed by atoms with Gasteiger partial charge in [-0.05, 0) is 59.9 Å². The number of amides is 1. The van der Waals surface area contributed by atoms with Crippen molar-refractivity contribution in [2.45, 2.75) is 67.8 Å². The number of carbonyl (C=O) groups excluding carboxylic acids is 1. The van der Waals surface area contributed by atoms with Gasteiger partial charge in [0.25, 0.3) is 0 Å². The summed E-state index contributed by atoms with van der Waals surface area (Å²) in [6.45, 7) is 4.16. The first-order chi connectivity index (χ1) is 25.6. The van der Waals surface area contributed by atoms with Gasteiger partial charge in [-0.25, -0.2) is 8.42 Å². The number of ether oxygens (including phenoxy) is 2. The van der Waals surface area contributed by atoms with Crippen LogP contribution in [0.25, 0.3) is 0 Å². The van der Waals surface area contributed by atoms with Gasteiger partial charge in [0.15, 0.2) is 6.29 Å². The predicted molar refractivity (Wildman–Crippen MR) is 208 cm³/mol. The van der Waals surface area contributed by atoms with Crippen molar-refractivity contribution >= 4 is 33.4 Å². The number of anilines is 1. The summed E-state index contributed by atoms with van der Waals surface area (Å²) in [5, 5.41) is 12.5. The monoisotopic (exact) mass is 751 g/mol. The topological polar surface area (TPSA) is 140 Å². The molecular formula is C42H45N3O6S2. The lowest BCUT2D eigenvalue weighted by molar-refractivity contribution is -0.268. The second-order valence-electron chi connectivity index (χ2n) is 13.3. The number of aryl methyl sites for hydroxylation is 1. The standard InChI is InChI=1S/C42H45N3O6S2/c1-28-12-22-35(23-13-28)53(48,49)45-37(24-30-8-4-3-5-9-30)41(47)44-25-31-14-20-34(21-15-31)42-50-38(27-52-39-11-7-6-10-36(39)43)29(2)40(51-42)33-18-16-32(26-46)17-19-33/h3-23,29,37-38,40,42,45-46H,24-27,43H2,1-2H3,(H,44,47). The molecule has 0 bridgehead atoms. The van der Waals surface area contributed by atoms with E-state index < -0.39 is 28.3 Å². The molecule has 11 heteroatoms. The maximum atomic E-state index is 13.6. The summed E-state index contributed by atoms with van der Waals surface area (Å²) in [5.41, 5.74) is 12.2. The first-order valence-corrected chi connectivity index (χ1v) is 20.0. The van der Waals surface area contributed by atoms with Gasteiger partial charge in [-0.15, -0.1) is 11.8 Å². The lowest BCUT2D eigenvalue weighted by Crippen LogP contribution is -2.47. The first kappa shape index (κ1) is 38.2. The van der Waals surface area contributed by atoms with Crippen molar-refractivity contribution in [1.82, 2.24) is 10.0 Å². The van der Waals surface area contributed by atoms with Gasteiger partial charge in [0, 0.05) is 34.4 Å². The van der Waals surface area contributed by atoms with Gasteiger partial charge >= 0.3 is 0 Å². The normalized spacial score (nSPS) is 19.4. The number of rotatable bonds is 14. The number of nitrogens with one attached hydrogen (secondary N) is 2. The molecule has 1 heterocycles. The molecule has 1 aliphatic heterocycles. The largest absolute Gasteiger partial charge is 0.398 e. The highest BCUT2D eigenvalue weighted by Gasteiger charge is 2.38. The molecule has 0 saturated carbocycles. The Morgan fingerprint density at radius 3 is 2.13 bits per heavy atom. The van der Waals surface area contributed by atoms with E-state index in [1.165, 1.54) is 12.1 Å². The molecule has 0 spiro atoms. The van der Waals surface area contributed by atoms with Gasteiger partial charge in [0.1, 0.15) is 6.04 Å². The van der Waals surface area contributed by atoms with E-state index in [1.807, 2.05) is 110 Å². The highest BCUT2D eigenvalue weighted by Crippen LogP contribution is 2.43. The Morgan fingerprint density at radius 1 is 0.811 bits per heavy atom. The molecule has 5 aromatic carbocycles. The van der Waals surface area contributed by atoms with E-state index >= 15 is 0 Å². The molecule has 276 valence electrons. The fraction of sp³-hybridized carbons (Fsp3) is 0.262. The van der Waals surface area contributed by atoms with Crippen LogP contribution in [-0.2, 0) is 43.9 Å². The summed E-state index contributed by atoms with van der Waals surface area (Å²) < 4.78 is 42.4. The molecule has 0 aromatic heterocycles. The maximum absolute atomic E-state index is 13.6. The fourth-order valence-corrected chi connectivity index (χ4v) is 8.54. The number of hydrogen-bond donors (Lipinski definition) is 4. The fourth-order valence-electron chi connectivity index (χ4n) is 6.21. The number of nitrogen functional groups attached to an aromatic ring is 1. The van der Waals surface area contributed by atoms with Crippen LogP contribution in [0, 0.1) is 12.8 Å². The summed E-state index contributed by atoms with van der Waals surface area (Å²) in [7, 11) is -3.96. The Hall–Kier alpha value is -4.49. The van der Waals surface area contributed by atoms with Crippen LogP contribution in [0.1, 0.15) is 52.7 Å². The van der Waals surface area contributed by atoms with Crippen LogP contribution in [0.15, 0.2) is 137 Å². The summed E-state index contributed by atoms with van der Waals surface area (Å²) in [5.74, 6) is 0.254. The van der Waals surface area contributed by atoms with Crippen LogP contribution < -0.4 is 15.8 Å². The van der Waals surface area contributed by atoms with E-state index in [1.54, 1.807) is 23.9 Å². The summed E-state index contributed by atoms with van der Waals surface area (Å²) in [6.07, 6.45) is -0.886. The van der Waals surface area contributed by atoms with Crippen LogP contribution in [-0.4, -0.2) is 37.3 Å². The number of aliphatic hydroxyl groups is 1. The number of benzene rings is 5. The van der Waals surface area contributed by atoms with Gasteiger partial charge in [0.2, 0.25) is 15.9 Å². The van der Waals surface area contributed by atoms with E-state index in [9.17, 15) is 18.3 Å². The molecule has 1 amide bonds. The van der Waals surface area contributed by atoms with E-state index in [0.29, 0.717) is 5.75 Å². The van der Waals surface area contributed by atoms with Crippen molar-refractivity contribution in [3.05, 3.63) is 161 Å². The minimum absolute atomic E-state index is 0.0189. The zero-order valence-electron chi connectivity index (χ0n) is 29.7. The van der Waals surface area contributed by atoms with E-state index in [-0.39, 0.29) is 42.6 Å². The quantitative estimate of drug-likeness (QED) is 0.0713. The minimum atomic E-state index is -3.96. The molecule has 1 aliphatic rings. The summed E-state index contributed by atoms with van der Waals surface area (Å²) >= 11 is 1.65. The number of carbonyl (C=O) groups is 1. The number of para-hydroxylation sites is 1. The van der Waals surface area contributed by atoms with Crippen LogP contribution in [0.2, 0.25) is 0 Å². The van der Waals surface area contributed by atoms with Gasteiger partial charge in [-0.3, -0.25) is 4.79 Å². The average Bonchev–Trinajstić information content (AvgIpc) is 3.17. The van der Waals surface area contributed by atoms with Gasteiger partial charge < -0.3 is 25.6 Å². The predicted octanol–water partition coefficient (Wildman–Crippen LogP) is 6.86. The van der Waals surface area contributed by atoms with Crippen molar-refractivity contribution in [2.24, 2.45) is 5.92 Å². The van der Waals surface area contributed by atoms with Crippen LogP contribution >= 0.6 is 11.8 Å². The van der Waals surface area contributed by atoms with E-state index in [4.69, 9.17) is 15.2 Å². The highest BCUT2D eigenvalue weighted by atomic mass is 32.2. The lowest BCUT2D eigenvalue weighted by atomic mass is 9.91. The van der Waals surface area contributed by atoms with Gasteiger partial charge in [-0.2, -0.15) is 4.72 Å². The van der Waals surface area contributed by atoms with Gasteiger partial charge in [-0.1, -0.05) is 116 Å². The Labute approximate surface area is 316 Å². The molecule has 0 aliphatic carbocycles. The smallest absolute Gasteiger partial charge is 0.241 e. The lowest BCUT2D eigenvalue weighted by Gasteiger charge is -2.41. The zero-order valence-corrected chi connectivity index (χ0v) is 31.4. The molecule has 1 saturated heterocycles. The van der Waals surface area contributed by atoms with Crippen molar-refractivity contribution in [2.75, 3.05) is 11.5 Å². The first-order valence-electron chi connectivity index (χ1n) is 17.6. The third-order valence-electron chi connectivity index (χ3n) is 9.39. The summed E-state index contributed by atoms with van der Waals surface area (Å²) in [4.78, 5) is 14.7. The molecule has 5 unspecified atom stereocenters. The number of sulfonamides is 1. The van der Waals surface area contributed by atoms with Gasteiger partial charge in [0.05, 0.1) is 23.7 Å². The average molecular weight is 752 g/mol. The molecule has 5 aromatic rings. The number of hydrogen-bond acceptors (Lipinski definition) is 8. The summed E-state index contributed by atoms with van der Waals surface area (Å²) in [6, 6.07) is 38.1. The maximum Gasteiger partial charge on any atom is 0.241 e. The highest BCUT2D eigenvalue weighted by molar-refractivity contribution is 7.99. The Balaban J connectivity index is 1.15. The number of aliphatic hydroxyl groups excluding tert-OH is 1. The van der Waals surface area contributed by atoms with Crippen LogP contribution in [0.5, 0.6) is 0 Å². The molecule has 5 atom stereocenters. The molecule has 6 rings (SSSR count). The molecule has 0 radical (unpaired) electrons. The number of thioether (sulfide) groups is 1. The molecular weight excluding hydrogens is 707 g/mol. The van der Waals surface area contributed by atoms with Crippen molar-refractivity contribution in [3.63, 3.8) is 0 Å². The van der Waals surface area contributed by atoms with Crippen LogP contribution in [0.4, 0.5) is 5.69 Å². The van der Waals surface area contributed by atoms with Crippen molar-refractivity contribution in [3.8, 4) is 0 Å². The SMILES string of the molecule is Cc1ccc(S(=O)(=O)NC(Cc2ccccc2)C(=O)NCc2ccc(C3OC(CSc4ccccc4N)C(C)C(c4ccc(CO)cc4)O3)cc2)cc1. The Morgan fingerprint density at radius 2 is 1.45 bits per heavy atom. The molecule has 5 N–H and O–H groups in total. The van der Waals surface area contributed by atoms with E-state index in [2.05, 4.69) is 17.0 Å². The molecule has 9 nitrogen and oxygen atoms in total. The second-order valence-corrected chi connectivity index (χ2v) is 16.1. The zero-order chi connectivity index (χ0) is 37.4. The van der Waals surface area contributed by atoms with Crippen LogP contribution in [0.3, 0.4) is 0 Å². The number of nitrogens with two attached hydrogens (primary N) is 1. The third kappa shape index (κ3) is 9.94. The third-order valence-corrected chi connectivity index (χ3v) is 12.1. The molecule has 1 fully saturated rings. The molecule has 53 heavy (non-hydrogen) atoms. The Bertz CT molecular complexity index is 2060.